The van der Waals surface area contributed by atoms with Gasteiger partial charge in [0.05, 0.1) is 5.69 Å². The van der Waals surface area contributed by atoms with Crippen LogP contribution in [0.3, 0.4) is 0 Å². The third kappa shape index (κ3) is 4.28. The summed E-state index contributed by atoms with van der Waals surface area (Å²) in [6.45, 7) is 4.68. The molecule has 264 valence electrons. The van der Waals surface area contributed by atoms with Crippen molar-refractivity contribution in [2.24, 2.45) is 0 Å². The van der Waals surface area contributed by atoms with Gasteiger partial charge >= 0.3 is 0 Å². The second kappa shape index (κ2) is 11.5. The minimum absolute atomic E-state index is 0.145. The molecule has 0 bridgehead atoms. The molecule has 2 aromatic heterocycles. The summed E-state index contributed by atoms with van der Waals surface area (Å²) in [6.07, 6.45) is 0. The molecule has 3 nitrogen and oxygen atoms in total. The molecule has 0 amide bonds. The maximum absolute atomic E-state index is 7.20. The number of rotatable bonds is 4. The predicted molar refractivity (Wildman–Crippen MR) is 234 cm³/mol. The van der Waals surface area contributed by atoms with Crippen molar-refractivity contribution in [2.45, 2.75) is 19.3 Å². The molecule has 0 radical (unpaired) electrons. The second-order valence-corrected chi connectivity index (χ2v) is 15.6. The Morgan fingerprint density at radius 2 is 1.05 bits per heavy atom. The first-order valence-corrected chi connectivity index (χ1v) is 19.3. The molecular weight excluding hydrogens is 683 g/mol. The summed E-state index contributed by atoms with van der Waals surface area (Å²) in [5.74, 6) is 0. The van der Waals surface area contributed by atoms with E-state index in [1.807, 2.05) is 6.07 Å². The first-order valence-electron chi connectivity index (χ1n) is 19.3. The average Bonchev–Trinajstić information content (AvgIpc) is 3.89. The maximum atomic E-state index is 7.20. The number of furan rings is 2. The third-order valence-electron chi connectivity index (χ3n) is 12.2. The van der Waals surface area contributed by atoms with Crippen LogP contribution in [0.25, 0.3) is 87.7 Å². The van der Waals surface area contributed by atoms with Crippen molar-refractivity contribution in [2.75, 3.05) is 4.90 Å². The molecule has 1 aliphatic carbocycles. The Morgan fingerprint density at radius 1 is 0.393 bits per heavy atom. The van der Waals surface area contributed by atoms with Gasteiger partial charge in [-0.15, -0.1) is 0 Å². The molecule has 0 aliphatic heterocycles. The van der Waals surface area contributed by atoms with Crippen molar-refractivity contribution in [3.63, 3.8) is 0 Å². The summed E-state index contributed by atoms with van der Waals surface area (Å²) < 4.78 is 13.7. The molecule has 9 aromatic carbocycles. The van der Waals surface area contributed by atoms with Crippen LogP contribution in [0.2, 0.25) is 0 Å². The van der Waals surface area contributed by atoms with E-state index in [0.29, 0.717) is 0 Å². The van der Waals surface area contributed by atoms with Crippen molar-refractivity contribution in [3.8, 4) is 22.3 Å². The van der Waals surface area contributed by atoms with Gasteiger partial charge < -0.3 is 13.7 Å². The number of benzene rings is 9. The van der Waals surface area contributed by atoms with Crippen LogP contribution >= 0.6 is 0 Å². The van der Waals surface area contributed by atoms with Crippen LogP contribution < -0.4 is 4.90 Å². The van der Waals surface area contributed by atoms with Crippen molar-refractivity contribution >= 4 is 82.5 Å². The number of hydrogen-bond donors (Lipinski definition) is 0. The second-order valence-electron chi connectivity index (χ2n) is 15.6. The Morgan fingerprint density at radius 3 is 1.91 bits per heavy atom. The quantitative estimate of drug-likeness (QED) is 0.170. The molecule has 11 aromatic rings. The Bertz CT molecular complexity index is 3400. The van der Waals surface area contributed by atoms with Gasteiger partial charge in [0.1, 0.15) is 16.7 Å². The predicted octanol–water partition coefficient (Wildman–Crippen LogP) is 15.2. The molecule has 0 saturated heterocycles. The first-order chi connectivity index (χ1) is 27.5. The van der Waals surface area contributed by atoms with E-state index < -0.39 is 0 Å². The summed E-state index contributed by atoms with van der Waals surface area (Å²) in [5, 5.41) is 9.19. The van der Waals surface area contributed by atoms with E-state index in [1.165, 1.54) is 49.4 Å². The van der Waals surface area contributed by atoms with Gasteiger partial charge in [-0.05, 0) is 110 Å². The molecule has 0 N–H and O–H groups in total. The van der Waals surface area contributed by atoms with Crippen molar-refractivity contribution in [3.05, 3.63) is 187 Å². The molecule has 3 heteroatoms. The zero-order valence-electron chi connectivity index (χ0n) is 31.0. The fraction of sp³-hybridized carbons (Fsp3) is 0.0566. The molecule has 56 heavy (non-hydrogen) atoms. The van der Waals surface area contributed by atoms with Gasteiger partial charge in [0.25, 0.3) is 0 Å². The third-order valence-corrected chi connectivity index (χ3v) is 12.2. The number of anilines is 3. The minimum atomic E-state index is -0.145. The monoisotopic (exact) mass is 717 g/mol. The summed E-state index contributed by atoms with van der Waals surface area (Å²) in [7, 11) is 0. The molecule has 1 aliphatic rings. The highest BCUT2D eigenvalue weighted by atomic mass is 16.3. The Hall–Kier alpha value is -7.10. The van der Waals surface area contributed by atoms with Crippen LogP contribution in [0, 0.1) is 0 Å². The summed E-state index contributed by atoms with van der Waals surface area (Å²) >= 11 is 0. The van der Waals surface area contributed by atoms with Gasteiger partial charge in [-0.3, -0.25) is 0 Å². The van der Waals surface area contributed by atoms with Gasteiger partial charge in [0.2, 0.25) is 0 Å². The van der Waals surface area contributed by atoms with Gasteiger partial charge in [-0.1, -0.05) is 135 Å². The van der Waals surface area contributed by atoms with Crippen LogP contribution in [-0.2, 0) is 5.41 Å². The molecule has 0 spiro atoms. The van der Waals surface area contributed by atoms with E-state index in [9.17, 15) is 0 Å². The molecule has 0 saturated carbocycles. The van der Waals surface area contributed by atoms with E-state index >= 15 is 0 Å². The molecule has 2 heterocycles. The largest absolute Gasteiger partial charge is 0.456 e. The lowest BCUT2D eigenvalue weighted by atomic mass is 9.82. The number of fused-ring (bicyclic) bond motifs is 13. The molecule has 0 fully saturated rings. The Labute approximate surface area is 323 Å². The highest BCUT2D eigenvalue weighted by Gasteiger charge is 2.36. The van der Waals surface area contributed by atoms with E-state index in [2.05, 4.69) is 189 Å². The fourth-order valence-electron chi connectivity index (χ4n) is 9.68. The zero-order valence-corrected chi connectivity index (χ0v) is 31.0. The lowest BCUT2D eigenvalue weighted by Crippen LogP contribution is -2.16. The number of hydrogen-bond acceptors (Lipinski definition) is 3. The number of nitrogens with zero attached hydrogens (tertiary/aromatic N) is 1. The van der Waals surface area contributed by atoms with Crippen molar-refractivity contribution in [1.82, 2.24) is 0 Å². The van der Waals surface area contributed by atoms with Crippen LogP contribution in [0.5, 0.6) is 0 Å². The molecule has 0 unspecified atom stereocenters. The highest BCUT2D eigenvalue weighted by molar-refractivity contribution is 6.31. The molecular formula is C53H35NO2. The Balaban J connectivity index is 1.21. The van der Waals surface area contributed by atoms with Gasteiger partial charge in [0.15, 0.2) is 5.58 Å². The van der Waals surface area contributed by atoms with Crippen LogP contribution in [0.4, 0.5) is 17.1 Å². The van der Waals surface area contributed by atoms with E-state index in [4.69, 9.17) is 8.83 Å². The van der Waals surface area contributed by atoms with Gasteiger partial charge in [0, 0.05) is 38.3 Å². The fourth-order valence-corrected chi connectivity index (χ4v) is 9.68. The summed E-state index contributed by atoms with van der Waals surface area (Å²) in [6, 6.07) is 63.4. The van der Waals surface area contributed by atoms with E-state index in [1.54, 1.807) is 0 Å². The SMILES string of the molecule is CC1(C)c2ccccc2-c2ccc(N(c3ccccc3)c3ccc(-c4cc5ccccc5c5ccccc45)c4c3oc3ccc5oc6ccccc6c5c34)cc21. The van der Waals surface area contributed by atoms with Gasteiger partial charge in [-0.25, -0.2) is 0 Å². The molecule has 0 atom stereocenters. The maximum Gasteiger partial charge on any atom is 0.160 e. The average molecular weight is 718 g/mol. The lowest BCUT2D eigenvalue weighted by molar-refractivity contribution is 0.660. The van der Waals surface area contributed by atoms with Crippen LogP contribution in [0.1, 0.15) is 25.0 Å². The van der Waals surface area contributed by atoms with Crippen LogP contribution in [0.15, 0.2) is 185 Å². The lowest BCUT2D eigenvalue weighted by Gasteiger charge is -2.28. The number of para-hydroxylation sites is 2. The highest BCUT2D eigenvalue weighted by Crippen LogP contribution is 2.53. The molecule has 12 rings (SSSR count). The topological polar surface area (TPSA) is 29.5 Å². The first kappa shape index (κ1) is 31.3. The van der Waals surface area contributed by atoms with Crippen molar-refractivity contribution < 1.29 is 8.83 Å². The smallest absolute Gasteiger partial charge is 0.160 e. The normalized spacial score (nSPS) is 13.3. The van der Waals surface area contributed by atoms with Crippen LogP contribution in [-0.4, -0.2) is 0 Å². The summed E-state index contributed by atoms with van der Waals surface area (Å²) in [5.41, 5.74) is 13.9. The summed E-state index contributed by atoms with van der Waals surface area (Å²) in [4.78, 5) is 2.37. The Kier molecular flexibility index (Phi) is 6.40. The van der Waals surface area contributed by atoms with E-state index in [-0.39, 0.29) is 5.41 Å². The minimum Gasteiger partial charge on any atom is -0.456 e. The standard InChI is InChI=1S/C53H35NO2/c1-53(2)43-22-12-10-20-38(43)39-25-24-34(31-44(39)53)54(33-15-4-3-5-16-33)45-27-26-40(42-30-32-14-6-7-17-35(32)36-18-8-9-19-37(36)42)50-51-48(56-52(45)50)29-28-47-49(51)41-21-11-13-23-46(41)55-47/h3-31H,1-2H3. The van der Waals surface area contributed by atoms with E-state index in [0.717, 1.165) is 66.5 Å². The van der Waals surface area contributed by atoms with Crippen molar-refractivity contribution in [1.29, 1.82) is 0 Å². The zero-order chi connectivity index (χ0) is 37.1. The van der Waals surface area contributed by atoms with Gasteiger partial charge in [-0.2, -0.15) is 0 Å².